The number of benzene rings is 4. The first kappa shape index (κ1) is 28.2. The number of likely N-dealkylation sites (tertiary alicyclic amines) is 1. The molecular formula is C32H32BrN5O3S. The number of rotatable bonds is 6. The van der Waals surface area contributed by atoms with Gasteiger partial charge in [0.25, 0.3) is 10.0 Å². The Morgan fingerprint density at radius 2 is 1.64 bits per heavy atom. The van der Waals surface area contributed by atoms with E-state index in [-0.39, 0.29) is 16.8 Å². The number of piperidine rings is 1. The third kappa shape index (κ3) is 5.36. The molecule has 216 valence electrons. The molecule has 0 aromatic heterocycles. The number of hydrogen-bond donors (Lipinski definition) is 3. The van der Waals surface area contributed by atoms with Crippen molar-refractivity contribution in [2.24, 2.45) is 5.73 Å². The maximum Gasteiger partial charge on any atom is 0.264 e. The Morgan fingerprint density at radius 1 is 0.929 bits per heavy atom. The van der Waals surface area contributed by atoms with Crippen LogP contribution in [-0.2, 0) is 16.4 Å². The smallest absolute Gasteiger partial charge is 0.264 e. The summed E-state index contributed by atoms with van der Waals surface area (Å²) in [5.41, 5.74) is 8.77. The molecule has 4 N–H and O–H groups in total. The number of nitrogens with one attached hydrogen (secondary N) is 2. The lowest BCUT2D eigenvalue weighted by Gasteiger charge is -2.33. The Hall–Kier alpha value is -3.89. The number of sulfonamides is 1. The van der Waals surface area contributed by atoms with Crippen molar-refractivity contribution in [1.82, 2.24) is 4.90 Å². The molecule has 42 heavy (non-hydrogen) atoms. The van der Waals surface area contributed by atoms with Gasteiger partial charge in [0.1, 0.15) is 17.7 Å². The van der Waals surface area contributed by atoms with Gasteiger partial charge in [0.05, 0.1) is 22.5 Å². The van der Waals surface area contributed by atoms with Crippen LogP contribution in [0.5, 0.6) is 5.75 Å². The average Bonchev–Trinajstić information content (AvgIpc) is 3.37. The van der Waals surface area contributed by atoms with E-state index in [1.165, 1.54) is 4.31 Å². The number of halogens is 1. The number of fused-ring (bicyclic) bond motifs is 2. The molecule has 0 aliphatic carbocycles. The summed E-state index contributed by atoms with van der Waals surface area (Å²) in [5.74, 6) is 1.29. The van der Waals surface area contributed by atoms with Crippen molar-refractivity contribution in [1.29, 1.82) is 10.8 Å². The van der Waals surface area contributed by atoms with Crippen molar-refractivity contribution < 1.29 is 13.2 Å². The third-order valence-corrected chi connectivity index (χ3v) is 10.5. The van der Waals surface area contributed by atoms with Crippen molar-refractivity contribution in [2.45, 2.75) is 43.2 Å². The van der Waals surface area contributed by atoms with Crippen LogP contribution >= 0.6 is 15.9 Å². The van der Waals surface area contributed by atoms with Gasteiger partial charge < -0.3 is 15.4 Å². The van der Waals surface area contributed by atoms with Crippen LogP contribution in [0.1, 0.15) is 42.5 Å². The summed E-state index contributed by atoms with van der Waals surface area (Å²) in [5, 5.41) is 17.6. The van der Waals surface area contributed by atoms with Crippen LogP contribution in [-0.4, -0.2) is 44.2 Å². The van der Waals surface area contributed by atoms with E-state index in [1.807, 2.05) is 61.5 Å². The van der Waals surface area contributed by atoms with Gasteiger partial charge in [-0.1, -0.05) is 40.2 Å². The van der Waals surface area contributed by atoms with Gasteiger partial charge in [-0.2, -0.15) is 0 Å². The molecule has 2 aliphatic heterocycles. The second-order valence-corrected chi connectivity index (χ2v) is 13.6. The summed E-state index contributed by atoms with van der Waals surface area (Å²) in [7, 11) is -3.90. The first-order valence-corrected chi connectivity index (χ1v) is 16.1. The predicted molar refractivity (Wildman–Crippen MR) is 170 cm³/mol. The highest BCUT2D eigenvalue weighted by Crippen LogP contribution is 2.46. The van der Waals surface area contributed by atoms with Gasteiger partial charge in [-0.3, -0.25) is 15.1 Å². The van der Waals surface area contributed by atoms with Crippen molar-refractivity contribution in [3.63, 3.8) is 0 Å². The van der Waals surface area contributed by atoms with Gasteiger partial charge in [0, 0.05) is 42.4 Å². The Morgan fingerprint density at radius 3 is 2.33 bits per heavy atom. The van der Waals surface area contributed by atoms with E-state index >= 15 is 0 Å². The number of nitrogens with zero attached hydrogens (tertiary/aromatic N) is 2. The van der Waals surface area contributed by atoms with Crippen LogP contribution in [0.4, 0.5) is 5.69 Å². The molecule has 1 unspecified atom stereocenters. The molecule has 0 amide bonds. The fraction of sp³-hybridized carbons (Fsp3) is 0.250. The van der Waals surface area contributed by atoms with Gasteiger partial charge >= 0.3 is 0 Å². The number of nitrogens with two attached hydrogens (primary N) is 1. The highest BCUT2D eigenvalue weighted by atomic mass is 79.9. The Kier molecular flexibility index (Phi) is 7.44. The third-order valence-electron chi connectivity index (χ3n) is 8.13. The quantitative estimate of drug-likeness (QED) is 0.170. The predicted octanol–water partition coefficient (Wildman–Crippen LogP) is 6.22. The molecule has 2 heterocycles. The molecule has 10 heteroatoms. The Balaban J connectivity index is 1.37. The Labute approximate surface area is 254 Å². The number of amidine groups is 2. The second kappa shape index (κ2) is 11.1. The van der Waals surface area contributed by atoms with Gasteiger partial charge in [-0.25, -0.2) is 8.42 Å². The summed E-state index contributed by atoms with van der Waals surface area (Å²) in [6, 6.07) is 23.5. The molecule has 0 radical (unpaired) electrons. The summed E-state index contributed by atoms with van der Waals surface area (Å²) < 4.78 is 37.1. The van der Waals surface area contributed by atoms with E-state index in [0.29, 0.717) is 23.5 Å². The van der Waals surface area contributed by atoms with Crippen molar-refractivity contribution in [2.75, 3.05) is 17.4 Å². The minimum absolute atomic E-state index is 0.0128. The normalized spacial score (nSPS) is 17.3. The number of nitrogen functional groups attached to an aromatic ring is 1. The molecule has 0 bridgehead atoms. The van der Waals surface area contributed by atoms with Gasteiger partial charge in [0.2, 0.25) is 0 Å². The maximum absolute atomic E-state index is 14.2. The molecule has 0 saturated carbocycles. The van der Waals surface area contributed by atoms with E-state index in [2.05, 4.69) is 20.8 Å². The first-order valence-electron chi connectivity index (χ1n) is 13.9. The average molecular weight is 647 g/mol. The second-order valence-electron chi connectivity index (χ2n) is 10.9. The fourth-order valence-electron chi connectivity index (χ4n) is 5.88. The van der Waals surface area contributed by atoms with Crippen LogP contribution in [0.2, 0.25) is 0 Å². The lowest BCUT2D eigenvalue weighted by Crippen LogP contribution is -2.40. The zero-order valence-electron chi connectivity index (χ0n) is 23.2. The van der Waals surface area contributed by atoms with Crippen LogP contribution in [0.25, 0.3) is 10.8 Å². The minimum atomic E-state index is -3.90. The lowest BCUT2D eigenvalue weighted by atomic mass is 9.98. The standard InChI is InChI=1S/C32H32BrN5O3S/c1-20(34)37-14-12-27(13-15-37)41-28-8-11-30-25(18-28)19-31(38(30)42(39,40)29-9-6-26(33)7-10-29)22-4-2-21-3-5-23(32(35)36)17-24(21)16-22/h2-11,16-18,27,31,34H,12-15,19H2,1H3,(H3,35,36). The molecule has 4 aromatic rings. The summed E-state index contributed by atoms with van der Waals surface area (Å²) >= 11 is 3.41. The van der Waals surface area contributed by atoms with E-state index in [4.69, 9.17) is 21.3 Å². The molecule has 0 spiro atoms. The van der Waals surface area contributed by atoms with Gasteiger partial charge in [-0.15, -0.1) is 0 Å². The van der Waals surface area contributed by atoms with E-state index in [9.17, 15) is 8.42 Å². The van der Waals surface area contributed by atoms with Crippen molar-refractivity contribution in [3.05, 3.63) is 100 Å². The summed E-state index contributed by atoms with van der Waals surface area (Å²) in [6.07, 6.45) is 2.21. The van der Waals surface area contributed by atoms with Crippen molar-refractivity contribution in [3.8, 4) is 5.75 Å². The molecule has 8 nitrogen and oxygen atoms in total. The first-order chi connectivity index (χ1) is 20.1. The highest BCUT2D eigenvalue weighted by molar-refractivity contribution is 9.10. The molecule has 4 aromatic carbocycles. The maximum atomic E-state index is 14.2. The summed E-state index contributed by atoms with van der Waals surface area (Å²) in [4.78, 5) is 2.28. The zero-order chi connectivity index (χ0) is 29.6. The number of ether oxygens (including phenoxy) is 1. The van der Waals surface area contributed by atoms with E-state index in [0.717, 1.165) is 58.1 Å². The van der Waals surface area contributed by atoms with Crippen molar-refractivity contribution >= 4 is 54.1 Å². The van der Waals surface area contributed by atoms with Crippen LogP contribution in [0.3, 0.4) is 0 Å². The molecule has 6 rings (SSSR count). The van der Waals surface area contributed by atoms with Crippen LogP contribution in [0.15, 0.2) is 88.2 Å². The van der Waals surface area contributed by atoms with E-state index < -0.39 is 16.1 Å². The largest absolute Gasteiger partial charge is 0.490 e. The van der Waals surface area contributed by atoms with Gasteiger partial charge in [-0.05, 0) is 83.4 Å². The molecule has 1 saturated heterocycles. The zero-order valence-corrected chi connectivity index (χ0v) is 25.6. The van der Waals surface area contributed by atoms with Gasteiger partial charge in [0.15, 0.2) is 0 Å². The SMILES string of the molecule is CC(=N)N1CCC(Oc2ccc3c(c2)CC(c2ccc4ccc(C(=N)N)cc4c2)N3S(=O)(=O)c2ccc(Br)cc2)CC1. The van der Waals surface area contributed by atoms with Crippen LogP contribution < -0.4 is 14.8 Å². The molecule has 2 aliphatic rings. The monoisotopic (exact) mass is 645 g/mol. The molecular weight excluding hydrogens is 614 g/mol. The molecule has 1 fully saturated rings. The number of anilines is 1. The topological polar surface area (TPSA) is 124 Å². The fourth-order valence-corrected chi connectivity index (χ4v) is 7.82. The Bertz CT molecular complexity index is 1800. The van der Waals surface area contributed by atoms with E-state index in [1.54, 1.807) is 24.3 Å². The molecule has 1 atom stereocenters. The minimum Gasteiger partial charge on any atom is -0.490 e. The lowest BCUT2D eigenvalue weighted by molar-refractivity contribution is 0.130. The van der Waals surface area contributed by atoms with Crippen LogP contribution in [0, 0.1) is 10.8 Å². The highest BCUT2D eigenvalue weighted by Gasteiger charge is 2.40. The number of hydrogen-bond acceptors (Lipinski definition) is 5. The summed E-state index contributed by atoms with van der Waals surface area (Å²) in [6.45, 7) is 3.39.